The first-order chi connectivity index (χ1) is 13.1. The molecule has 1 saturated heterocycles. The average Bonchev–Trinajstić information content (AvgIpc) is 3.14. The maximum absolute atomic E-state index is 5.87. The van der Waals surface area contributed by atoms with Crippen LogP contribution in [0, 0.1) is 13.8 Å². The fourth-order valence-electron chi connectivity index (χ4n) is 3.85. The Labute approximate surface area is 165 Å². The highest BCUT2D eigenvalue weighted by molar-refractivity contribution is 8.13. The van der Waals surface area contributed by atoms with Crippen molar-refractivity contribution in [2.24, 2.45) is 4.99 Å². The molecule has 2 aliphatic heterocycles. The molecular weight excluding hydrogens is 358 g/mol. The van der Waals surface area contributed by atoms with Gasteiger partial charge in [0.2, 0.25) is 0 Å². The van der Waals surface area contributed by atoms with Gasteiger partial charge in [-0.15, -0.1) is 0 Å². The predicted octanol–water partition coefficient (Wildman–Crippen LogP) is 3.94. The summed E-state index contributed by atoms with van der Waals surface area (Å²) in [5.74, 6) is 0. The van der Waals surface area contributed by atoms with Gasteiger partial charge in [0.1, 0.15) is 5.03 Å². The lowest BCUT2D eigenvalue weighted by Gasteiger charge is -2.32. The Bertz CT molecular complexity index is 862. The molecule has 0 amide bonds. The number of amidine groups is 1. The first-order valence-electron chi connectivity index (χ1n) is 9.62. The first kappa shape index (κ1) is 18.7. The van der Waals surface area contributed by atoms with E-state index in [0.29, 0.717) is 19.3 Å². The van der Waals surface area contributed by atoms with Gasteiger partial charge in [-0.1, -0.05) is 11.6 Å². The maximum Gasteiger partial charge on any atom is 0.166 e. The van der Waals surface area contributed by atoms with Gasteiger partial charge in [-0.05, 0) is 56.1 Å². The van der Waals surface area contributed by atoms with E-state index >= 15 is 0 Å². The SMILES string of the molecule is COCCN=C1Sc2nc3c(C)cc(C)cc3cc2CN1C[C@@H]1CCCO1. The van der Waals surface area contributed by atoms with Crippen LogP contribution in [-0.4, -0.2) is 54.6 Å². The van der Waals surface area contributed by atoms with E-state index in [0.717, 1.165) is 48.2 Å². The number of aromatic nitrogens is 1. The first-order valence-corrected chi connectivity index (χ1v) is 10.4. The number of fused-ring (bicyclic) bond motifs is 2. The Kier molecular flexibility index (Phi) is 5.66. The van der Waals surface area contributed by atoms with Gasteiger partial charge in [-0.25, -0.2) is 4.98 Å². The zero-order chi connectivity index (χ0) is 18.8. The van der Waals surface area contributed by atoms with Crippen LogP contribution >= 0.6 is 11.8 Å². The van der Waals surface area contributed by atoms with Crippen molar-refractivity contribution in [1.82, 2.24) is 9.88 Å². The van der Waals surface area contributed by atoms with Gasteiger partial charge in [0.05, 0.1) is 24.8 Å². The molecule has 144 valence electrons. The lowest BCUT2D eigenvalue weighted by Crippen LogP contribution is -2.38. The number of thioether (sulfide) groups is 1. The highest BCUT2D eigenvalue weighted by Crippen LogP contribution is 2.34. The number of hydrogen-bond donors (Lipinski definition) is 0. The zero-order valence-electron chi connectivity index (χ0n) is 16.3. The van der Waals surface area contributed by atoms with Crippen LogP contribution in [0.3, 0.4) is 0 Å². The van der Waals surface area contributed by atoms with Gasteiger partial charge in [-0.3, -0.25) is 4.99 Å². The molecule has 1 atom stereocenters. The third kappa shape index (κ3) is 4.13. The summed E-state index contributed by atoms with van der Waals surface area (Å²) in [5, 5.41) is 3.34. The highest BCUT2D eigenvalue weighted by atomic mass is 32.2. The molecule has 3 heterocycles. The number of hydrogen-bond acceptors (Lipinski definition) is 5. The summed E-state index contributed by atoms with van der Waals surface area (Å²) in [5.41, 5.74) is 4.88. The summed E-state index contributed by atoms with van der Waals surface area (Å²) >= 11 is 1.68. The largest absolute Gasteiger partial charge is 0.383 e. The number of rotatable bonds is 5. The van der Waals surface area contributed by atoms with Crippen LogP contribution in [0.2, 0.25) is 0 Å². The van der Waals surface area contributed by atoms with Crippen LogP contribution < -0.4 is 0 Å². The van der Waals surface area contributed by atoms with Gasteiger partial charge < -0.3 is 14.4 Å². The lowest BCUT2D eigenvalue weighted by atomic mass is 10.1. The van der Waals surface area contributed by atoms with Gasteiger partial charge in [-0.2, -0.15) is 0 Å². The molecule has 0 N–H and O–H groups in total. The second kappa shape index (κ2) is 8.17. The number of aliphatic imine (C=N–C) groups is 1. The minimum absolute atomic E-state index is 0.303. The third-order valence-corrected chi connectivity index (χ3v) is 6.22. The molecule has 6 heteroatoms. The van der Waals surface area contributed by atoms with Crippen LogP contribution in [0.15, 0.2) is 28.2 Å². The summed E-state index contributed by atoms with van der Waals surface area (Å²) in [6, 6.07) is 6.73. The molecule has 0 spiro atoms. The van der Waals surface area contributed by atoms with Gasteiger partial charge >= 0.3 is 0 Å². The summed E-state index contributed by atoms with van der Waals surface area (Å²) in [7, 11) is 1.71. The summed E-state index contributed by atoms with van der Waals surface area (Å²) in [6.07, 6.45) is 2.59. The second-order valence-electron chi connectivity index (χ2n) is 7.38. The third-order valence-electron chi connectivity index (χ3n) is 5.10. The van der Waals surface area contributed by atoms with E-state index < -0.39 is 0 Å². The maximum atomic E-state index is 5.87. The molecule has 4 rings (SSSR count). The number of methoxy groups -OCH3 is 1. The molecule has 1 aromatic carbocycles. The summed E-state index contributed by atoms with van der Waals surface area (Å²) < 4.78 is 11.1. The molecular formula is C21H27N3O2S. The molecule has 2 aliphatic rings. The van der Waals surface area contributed by atoms with Crippen molar-refractivity contribution in [3.63, 3.8) is 0 Å². The number of nitrogens with zero attached hydrogens (tertiary/aromatic N) is 3. The molecule has 27 heavy (non-hydrogen) atoms. The topological polar surface area (TPSA) is 47.0 Å². The van der Waals surface area contributed by atoms with Crippen molar-refractivity contribution < 1.29 is 9.47 Å². The number of benzene rings is 1. The van der Waals surface area contributed by atoms with E-state index in [9.17, 15) is 0 Å². The van der Waals surface area contributed by atoms with E-state index in [1.54, 1.807) is 18.9 Å². The Morgan fingerprint density at radius 2 is 2.22 bits per heavy atom. The van der Waals surface area contributed by atoms with E-state index in [1.165, 1.54) is 22.1 Å². The van der Waals surface area contributed by atoms with Gasteiger partial charge in [0.15, 0.2) is 5.17 Å². The van der Waals surface area contributed by atoms with Crippen molar-refractivity contribution in [3.8, 4) is 0 Å². The lowest BCUT2D eigenvalue weighted by molar-refractivity contribution is 0.0902. The molecule has 5 nitrogen and oxygen atoms in total. The Balaban J connectivity index is 1.67. The summed E-state index contributed by atoms with van der Waals surface area (Å²) in [4.78, 5) is 12.1. The Morgan fingerprint density at radius 3 is 3.00 bits per heavy atom. The van der Waals surface area contributed by atoms with E-state index in [-0.39, 0.29) is 0 Å². The van der Waals surface area contributed by atoms with Gasteiger partial charge in [0, 0.05) is 37.8 Å². The number of aryl methyl sites for hydroxylation is 2. The van der Waals surface area contributed by atoms with E-state index in [1.807, 2.05) is 0 Å². The van der Waals surface area contributed by atoms with Crippen LogP contribution in [0.5, 0.6) is 0 Å². The van der Waals surface area contributed by atoms with Crippen LogP contribution in [0.25, 0.3) is 10.9 Å². The quantitative estimate of drug-likeness (QED) is 0.730. The zero-order valence-corrected chi connectivity index (χ0v) is 17.1. The normalized spacial score (nSPS) is 21.2. The minimum Gasteiger partial charge on any atom is -0.383 e. The van der Waals surface area contributed by atoms with Crippen LogP contribution in [0.4, 0.5) is 0 Å². The standard InChI is InChI=1S/C21H27N3O2S/c1-14-9-15(2)19-16(10-14)11-17-12-24(13-18-5-4-7-26-18)21(22-6-8-25-3)27-20(17)23-19/h9-11,18H,4-8,12-13H2,1-3H3/t18-/m0/s1. The van der Waals surface area contributed by atoms with Gasteiger partial charge in [0.25, 0.3) is 0 Å². The molecule has 1 aromatic heterocycles. The van der Waals surface area contributed by atoms with E-state index in [2.05, 4.69) is 36.9 Å². The van der Waals surface area contributed by atoms with Crippen molar-refractivity contribution in [2.45, 2.75) is 44.4 Å². The molecule has 0 radical (unpaired) electrons. The fraction of sp³-hybridized carbons (Fsp3) is 0.524. The van der Waals surface area contributed by atoms with Crippen molar-refractivity contribution >= 4 is 27.8 Å². The highest BCUT2D eigenvalue weighted by Gasteiger charge is 2.28. The monoisotopic (exact) mass is 385 g/mol. The molecule has 2 aromatic rings. The Morgan fingerprint density at radius 1 is 1.33 bits per heavy atom. The summed E-state index contributed by atoms with van der Waals surface area (Å²) in [6.45, 7) is 8.19. The van der Waals surface area contributed by atoms with Crippen molar-refractivity contribution in [3.05, 3.63) is 34.9 Å². The van der Waals surface area contributed by atoms with Crippen molar-refractivity contribution in [1.29, 1.82) is 0 Å². The Hall–Kier alpha value is -1.63. The number of pyridine rings is 1. The van der Waals surface area contributed by atoms with Crippen LogP contribution in [-0.2, 0) is 16.0 Å². The smallest absolute Gasteiger partial charge is 0.166 e. The second-order valence-corrected chi connectivity index (χ2v) is 8.34. The molecule has 0 aliphatic carbocycles. The predicted molar refractivity (Wildman–Crippen MR) is 111 cm³/mol. The van der Waals surface area contributed by atoms with Crippen LogP contribution in [0.1, 0.15) is 29.5 Å². The number of ether oxygens (including phenoxy) is 2. The molecule has 0 bridgehead atoms. The van der Waals surface area contributed by atoms with E-state index in [4.69, 9.17) is 19.5 Å². The minimum atomic E-state index is 0.303. The van der Waals surface area contributed by atoms with Crippen molar-refractivity contribution in [2.75, 3.05) is 33.4 Å². The average molecular weight is 386 g/mol. The fourth-order valence-corrected chi connectivity index (χ4v) is 4.83. The molecule has 0 saturated carbocycles. The molecule has 0 unspecified atom stereocenters. The molecule has 1 fully saturated rings.